The van der Waals surface area contributed by atoms with Gasteiger partial charge in [0.25, 0.3) is 0 Å². The largest absolute Gasteiger partial charge is 0.480 e. The van der Waals surface area contributed by atoms with Crippen LogP contribution < -0.4 is 0 Å². The molecule has 1 heterocycles. The summed E-state index contributed by atoms with van der Waals surface area (Å²) in [5.41, 5.74) is 2.13. The fraction of sp³-hybridized carbons (Fsp3) is 0.500. The third-order valence-corrected chi connectivity index (χ3v) is 4.63. The molecule has 0 bridgehead atoms. The fourth-order valence-electron chi connectivity index (χ4n) is 3.06. The number of carbonyl (C=O) groups excluding carboxylic acids is 1. The first kappa shape index (κ1) is 13.2. The number of hydrogen-bond acceptors (Lipinski definition) is 2. The Morgan fingerprint density at radius 3 is 2.40 bits per heavy atom. The molecule has 1 amide bonds. The number of nitrogens with zero attached hydrogens (tertiary/aromatic N) is 1. The van der Waals surface area contributed by atoms with Crippen LogP contribution in [-0.2, 0) is 22.6 Å². The molecule has 3 rings (SSSR count). The lowest BCUT2D eigenvalue weighted by Crippen LogP contribution is -2.49. The summed E-state index contributed by atoms with van der Waals surface area (Å²) in [4.78, 5) is 25.6. The van der Waals surface area contributed by atoms with Gasteiger partial charge in [0, 0.05) is 18.9 Å². The molecule has 1 unspecified atom stereocenters. The van der Waals surface area contributed by atoms with Crippen molar-refractivity contribution in [1.82, 2.24) is 4.90 Å². The van der Waals surface area contributed by atoms with Gasteiger partial charge in [0.15, 0.2) is 0 Å². The number of aliphatic carboxylic acids is 1. The minimum absolute atomic E-state index is 0.00287. The van der Waals surface area contributed by atoms with Gasteiger partial charge in [0.1, 0.15) is 6.04 Å². The Bertz CT molecular complexity index is 579. The molecule has 4 heteroatoms. The molecule has 106 valence electrons. The number of fused-ring (bicyclic) bond motifs is 1. The Balaban J connectivity index is 1.89. The fourth-order valence-corrected chi connectivity index (χ4v) is 3.06. The minimum atomic E-state index is -0.911. The average Bonchev–Trinajstić information content (AvgIpc) is 3.05. The molecule has 1 aliphatic heterocycles. The summed E-state index contributed by atoms with van der Waals surface area (Å²) < 4.78 is 0. The van der Waals surface area contributed by atoms with Crippen molar-refractivity contribution in [2.24, 2.45) is 11.3 Å². The first-order valence-corrected chi connectivity index (χ1v) is 7.00. The van der Waals surface area contributed by atoms with Crippen LogP contribution in [0.5, 0.6) is 0 Å². The summed E-state index contributed by atoms with van der Waals surface area (Å²) in [6.45, 7) is 4.53. The second-order valence-corrected chi connectivity index (χ2v) is 6.54. The molecule has 2 atom stereocenters. The number of carboxylic acid groups (broad SMARTS) is 1. The summed E-state index contributed by atoms with van der Waals surface area (Å²) in [6, 6.07) is 7.05. The minimum Gasteiger partial charge on any atom is -0.480 e. The van der Waals surface area contributed by atoms with Crippen molar-refractivity contribution >= 4 is 11.9 Å². The Morgan fingerprint density at radius 2 is 1.85 bits per heavy atom. The smallest absolute Gasteiger partial charge is 0.326 e. The van der Waals surface area contributed by atoms with Crippen LogP contribution in [0.3, 0.4) is 0 Å². The van der Waals surface area contributed by atoms with E-state index in [-0.39, 0.29) is 17.2 Å². The van der Waals surface area contributed by atoms with Crippen LogP contribution in [-0.4, -0.2) is 27.9 Å². The lowest BCUT2D eigenvalue weighted by molar-refractivity contribution is -0.152. The van der Waals surface area contributed by atoms with Crippen molar-refractivity contribution in [2.75, 3.05) is 0 Å². The van der Waals surface area contributed by atoms with Gasteiger partial charge in [-0.15, -0.1) is 0 Å². The van der Waals surface area contributed by atoms with E-state index in [4.69, 9.17) is 0 Å². The standard InChI is InChI=1S/C16H19NO3/c1-16(2)8-12(16)14(18)17-9-11-6-4-3-5-10(11)7-13(17)15(19)20/h3-6,12-13H,7-9H2,1-2H3,(H,19,20)/t12?,13-/m0/s1. The number of amides is 1. The van der Waals surface area contributed by atoms with E-state index in [1.165, 1.54) is 0 Å². The summed E-state index contributed by atoms with van der Waals surface area (Å²) in [5.74, 6) is -0.933. The predicted molar refractivity (Wildman–Crippen MR) is 74.0 cm³/mol. The second-order valence-electron chi connectivity index (χ2n) is 6.54. The Kier molecular flexibility index (Phi) is 2.85. The van der Waals surface area contributed by atoms with Gasteiger partial charge in [0.05, 0.1) is 0 Å². The van der Waals surface area contributed by atoms with Crippen molar-refractivity contribution in [2.45, 2.75) is 39.3 Å². The van der Waals surface area contributed by atoms with Gasteiger partial charge >= 0.3 is 5.97 Å². The third-order valence-electron chi connectivity index (χ3n) is 4.63. The molecule has 20 heavy (non-hydrogen) atoms. The van der Waals surface area contributed by atoms with Gasteiger partial charge in [-0.1, -0.05) is 38.1 Å². The van der Waals surface area contributed by atoms with Crippen LogP contribution in [0.1, 0.15) is 31.4 Å². The van der Waals surface area contributed by atoms with E-state index >= 15 is 0 Å². The maximum absolute atomic E-state index is 12.6. The van der Waals surface area contributed by atoms with Crippen LogP contribution in [0.4, 0.5) is 0 Å². The average molecular weight is 273 g/mol. The summed E-state index contributed by atoms with van der Waals surface area (Å²) >= 11 is 0. The number of benzene rings is 1. The molecule has 0 aromatic heterocycles. The van der Waals surface area contributed by atoms with Crippen LogP contribution in [0.15, 0.2) is 24.3 Å². The summed E-state index contributed by atoms with van der Waals surface area (Å²) in [6.07, 6.45) is 1.26. The maximum Gasteiger partial charge on any atom is 0.326 e. The Morgan fingerprint density at radius 1 is 1.25 bits per heavy atom. The highest BCUT2D eigenvalue weighted by atomic mass is 16.4. The van der Waals surface area contributed by atoms with Crippen molar-refractivity contribution in [3.05, 3.63) is 35.4 Å². The van der Waals surface area contributed by atoms with Crippen molar-refractivity contribution in [3.63, 3.8) is 0 Å². The van der Waals surface area contributed by atoms with Crippen molar-refractivity contribution < 1.29 is 14.7 Å². The molecule has 1 N–H and O–H groups in total. The van der Waals surface area contributed by atoms with Gasteiger partial charge in [-0.25, -0.2) is 4.79 Å². The molecule has 1 aromatic carbocycles. The molecular formula is C16H19NO3. The molecular weight excluding hydrogens is 254 g/mol. The van der Waals surface area contributed by atoms with Gasteiger partial charge in [-0.2, -0.15) is 0 Å². The quantitative estimate of drug-likeness (QED) is 0.897. The zero-order valence-electron chi connectivity index (χ0n) is 11.8. The monoisotopic (exact) mass is 273 g/mol. The maximum atomic E-state index is 12.6. The van der Waals surface area contributed by atoms with Crippen molar-refractivity contribution in [3.8, 4) is 0 Å². The van der Waals surface area contributed by atoms with E-state index in [2.05, 4.69) is 13.8 Å². The van der Waals surface area contributed by atoms with E-state index in [1.807, 2.05) is 24.3 Å². The number of carboxylic acids is 1. The summed E-state index contributed by atoms with van der Waals surface area (Å²) in [7, 11) is 0. The molecule has 1 saturated carbocycles. The normalized spacial score (nSPS) is 26.8. The topological polar surface area (TPSA) is 57.6 Å². The van der Waals surface area contributed by atoms with E-state index < -0.39 is 12.0 Å². The molecule has 0 radical (unpaired) electrons. The van der Waals surface area contributed by atoms with E-state index in [1.54, 1.807) is 4.90 Å². The zero-order chi connectivity index (χ0) is 14.5. The van der Waals surface area contributed by atoms with E-state index in [9.17, 15) is 14.7 Å². The number of hydrogen-bond donors (Lipinski definition) is 1. The molecule has 0 saturated heterocycles. The SMILES string of the molecule is CC1(C)CC1C(=O)N1Cc2ccccc2C[C@H]1C(=O)O. The predicted octanol–water partition coefficient (Wildman–Crippen LogP) is 2.07. The molecule has 1 aromatic rings. The van der Waals surface area contributed by atoms with Gasteiger partial charge in [-0.3, -0.25) is 4.79 Å². The molecule has 0 spiro atoms. The van der Waals surface area contributed by atoms with E-state index in [0.29, 0.717) is 13.0 Å². The van der Waals surface area contributed by atoms with Gasteiger partial charge < -0.3 is 10.0 Å². The number of carbonyl (C=O) groups is 2. The Labute approximate surface area is 118 Å². The highest BCUT2D eigenvalue weighted by Gasteiger charge is 2.53. The first-order valence-electron chi connectivity index (χ1n) is 7.00. The Hall–Kier alpha value is -1.84. The van der Waals surface area contributed by atoms with Crippen LogP contribution in [0.2, 0.25) is 0 Å². The van der Waals surface area contributed by atoms with Crippen molar-refractivity contribution in [1.29, 1.82) is 0 Å². The van der Waals surface area contributed by atoms with Gasteiger partial charge in [-0.05, 0) is 23.0 Å². The van der Waals surface area contributed by atoms with E-state index in [0.717, 1.165) is 17.5 Å². The molecule has 2 aliphatic rings. The number of rotatable bonds is 2. The van der Waals surface area contributed by atoms with Gasteiger partial charge in [0.2, 0.25) is 5.91 Å². The molecule has 1 aliphatic carbocycles. The lowest BCUT2D eigenvalue weighted by atomic mass is 9.93. The second kappa shape index (κ2) is 4.33. The zero-order valence-corrected chi connectivity index (χ0v) is 11.8. The molecule has 1 fully saturated rings. The first-order chi connectivity index (χ1) is 9.40. The lowest BCUT2D eigenvalue weighted by Gasteiger charge is -2.35. The highest BCUT2D eigenvalue weighted by Crippen LogP contribution is 2.53. The molecule has 4 nitrogen and oxygen atoms in total. The highest BCUT2D eigenvalue weighted by molar-refractivity contribution is 5.88. The van der Waals surface area contributed by atoms with Crippen LogP contribution >= 0.6 is 0 Å². The van der Waals surface area contributed by atoms with Crippen LogP contribution in [0, 0.1) is 11.3 Å². The summed E-state index contributed by atoms with van der Waals surface area (Å²) in [5, 5.41) is 9.42. The third kappa shape index (κ3) is 2.09. The van der Waals surface area contributed by atoms with Crippen LogP contribution in [0.25, 0.3) is 0 Å².